The zero-order valence-electron chi connectivity index (χ0n) is 15.2. The highest BCUT2D eigenvalue weighted by atomic mass is 32.2. The van der Waals surface area contributed by atoms with E-state index in [1.165, 1.54) is 11.8 Å². The van der Waals surface area contributed by atoms with Crippen LogP contribution in [0.1, 0.15) is 30.1 Å². The highest BCUT2D eigenvalue weighted by molar-refractivity contribution is 8.04. The molecule has 2 heterocycles. The molecular weight excluding hydrogens is 366 g/mol. The standard InChI is InChI=1S/C19H23N3O4S/c1-12-16(27-11-10-26-12)18(24)21-15-5-3-2-4-14(15)19(25)22-8-6-13(7-9-22)17(20)23/h2-5,13H,6-11H2,1H3,(H2,20,23)(H,21,24). The third-order valence-corrected chi connectivity index (χ3v) is 5.90. The van der Waals surface area contributed by atoms with E-state index in [0.29, 0.717) is 54.5 Å². The van der Waals surface area contributed by atoms with Crippen LogP contribution < -0.4 is 11.1 Å². The molecule has 3 amide bonds. The summed E-state index contributed by atoms with van der Waals surface area (Å²) in [6.45, 7) is 3.30. The van der Waals surface area contributed by atoms with Crippen molar-refractivity contribution in [2.24, 2.45) is 11.7 Å². The minimum Gasteiger partial charge on any atom is -0.496 e. The van der Waals surface area contributed by atoms with Crippen molar-refractivity contribution in [3.63, 3.8) is 0 Å². The number of nitrogens with one attached hydrogen (secondary N) is 1. The zero-order chi connectivity index (χ0) is 19.4. The van der Waals surface area contributed by atoms with E-state index < -0.39 is 0 Å². The highest BCUT2D eigenvalue weighted by Gasteiger charge is 2.28. The third kappa shape index (κ3) is 4.44. The Labute approximate surface area is 162 Å². The number of amides is 3. The molecule has 3 N–H and O–H groups in total. The number of carbonyl (C=O) groups excluding carboxylic acids is 3. The number of piperidine rings is 1. The summed E-state index contributed by atoms with van der Waals surface area (Å²) in [7, 11) is 0. The van der Waals surface area contributed by atoms with Gasteiger partial charge in [0.25, 0.3) is 11.8 Å². The van der Waals surface area contributed by atoms with Crippen LogP contribution in [0.25, 0.3) is 0 Å². The Bertz CT molecular complexity index is 785. The quantitative estimate of drug-likeness (QED) is 0.820. The van der Waals surface area contributed by atoms with Gasteiger partial charge >= 0.3 is 0 Å². The summed E-state index contributed by atoms with van der Waals surface area (Å²) in [5.41, 5.74) is 6.26. The van der Waals surface area contributed by atoms with Gasteiger partial charge in [-0.1, -0.05) is 12.1 Å². The number of carbonyl (C=O) groups is 3. The van der Waals surface area contributed by atoms with Gasteiger partial charge in [0, 0.05) is 24.8 Å². The maximum Gasteiger partial charge on any atom is 0.265 e. The third-order valence-electron chi connectivity index (χ3n) is 4.76. The van der Waals surface area contributed by atoms with E-state index in [1.807, 2.05) is 0 Å². The second-order valence-corrected chi connectivity index (χ2v) is 7.66. The van der Waals surface area contributed by atoms with Crippen molar-refractivity contribution < 1.29 is 19.1 Å². The number of hydrogen-bond donors (Lipinski definition) is 2. The molecule has 0 unspecified atom stereocenters. The first-order valence-electron chi connectivity index (χ1n) is 8.93. The lowest BCUT2D eigenvalue weighted by Gasteiger charge is -2.31. The summed E-state index contributed by atoms with van der Waals surface area (Å²) in [4.78, 5) is 39.1. The van der Waals surface area contributed by atoms with Crippen molar-refractivity contribution in [3.8, 4) is 0 Å². The highest BCUT2D eigenvalue weighted by Crippen LogP contribution is 2.28. The van der Waals surface area contributed by atoms with Crippen molar-refractivity contribution in [2.75, 3.05) is 30.8 Å². The Morgan fingerprint density at radius 1 is 1.22 bits per heavy atom. The number of allylic oxidation sites excluding steroid dienone is 1. The second kappa shape index (κ2) is 8.47. The lowest BCUT2D eigenvalue weighted by molar-refractivity contribution is -0.123. The van der Waals surface area contributed by atoms with Gasteiger partial charge in [-0.15, -0.1) is 11.8 Å². The van der Waals surface area contributed by atoms with E-state index in [1.54, 1.807) is 36.1 Å². The number of anilines is 1. The van der Waals surface area contributed by atoms with Gasteiger partial charge in [0.05, 0.1) is 17.9 Å². The lowest BCUT2D eigenvalue weighted by atomic mass is 9.95. The zero-order valence-corrected chi connectivity index (χ0v) is 16.0. The van der Waals surface area contributed by atoms with Crippen LogP contribution in [0.2, 0.25) is 0 Å². The Balaban J connectivity index is 1.73. The molecule has 3 rings (SSSR count). The summed E-state index contributed by atoms with van der Waals surface area (Å²) >= 11 is 1.45. The van der Waals surface area contributed by atoms with E-state index in [4.69, 9.17) is 10.5 Å². The summed E-state index contributed by atoms with van der Waals surface area (Å²) in [6.07, 6.45) is 1.13. The Hall–Kier alpha value is -2.48. The smallest absolute Gasteiger partial charge is 0.265 e. The molecule has 1 aromatic rings. The van der Waals surface area contributed by atoms with E-state index in [2.05, 4.69) is 5.32 Å². The summed E-state index contributed by atoms with van der Waals surface area (Å²) in [5.74, 6) is 0.390. The van der Waals surface area contributed by atoms with Crippen LogP contribution in [0.3, 0.4) is 0 Å². The van der Waals surface area contributed by atoms with Crippen LogP contribution in [0.15, 0.2) is 34.9 Å². The fraction of sp³-hybridized carbons (Fsp3) is 0.421. The summed E-state index contributed by atoms with van der Waals surface area (Å²) < 4.78 is 5.44. The molecule has 0 saturated carbocycles. The number of nitrogens with zero attached hydrogens (tertiary/aromatic N) is 1. The van der Waals surface area contributed by atoms with Gasteiger partial charge in [-0.25, -0.2) is 0 Å². The number of rotatable bonds is 4. The molecule has 27 heavy (non-hydrogen) atoms. The number of para-hydroxylation sites is 1. The van der Waals surface area contributed by atoms with E-state index in [0.717, 1.165) is 5.75 Å². The van der Waals surface area contributed by atoms with Gasteiger partial charge in [-0.2, -0.15) is 0 Å². The molecule has 0 aliphatic carbocycles. The largest absolute Gasteiger partial charge is 0.496 e. The maximum atomic E-state index is 12.9. The van der Waals surface area contributed by atoms with Crippen molar-refractivity contribution in [1.82, 2.24) is 4.90 Å². The van der Waals surface area contributed by atoms with Crippen LogP contribution >= 0.6 is 11.8 Å². The molecule has 0 aromatic heterocycles. The minimum atomic E-state index is -0.314. The van der Waals surface area contributed by atoms with E-state index >= 15 is 0 Å². The van der Waals surface area contributed by atoms with Crippen molar-refractivity contribution >= 4 is 35.2 Å². The Morgan fingerprint density at radius 3 is 2.59 bits per heavy atom. The number of ether oxygens (including phenoxy) is 1. The molecule has 2 aliphatic rings. The van der Waals surface area contributed by atoms with Gasteiger partial charge in [0.2, 0.25) is 5.91 Å². The molecule has 0 bridgehead atoms. The summed E-state index contributed by atoms with van der Waals surface area (Å²) in [6, 6.07) is 6.95. The molecule has 2 aliphatic heterocycles. The molecular formula is C19H23N3O4S. The van der Waals surface area contributed by atoms with E-state index in [9.17, 15) is 14.4 Å². The molecule has 144 valence electrons. The molecule has 1 fully saturated rings. The molecule has 0 atom stereocenters. The first kappa shape index (κ1) is 19.3. The van der Waals surface area contributed by atoms with Crippen LogP contribution in [0.5, 0.6) is 0 Å². The first-order valence-corrected chi connectivity index (χ1v) is 9.91. The van der Waals surface area contributed by atoms with Gasteiger partial charge < -0.3 is 20.7 Å². The SMILES string of the molecule is CC1=C(C(=O)Nc2ccccc2C(=O)N2CCC(C(N)=O)CC2)SCCO1. The lowest BCUT2D eigenvalue weighted by Crippen LogP contribution is -2.42. The number of thioether (sulfide) groups is 1. The van der Waals surface area contributed by atoms with Crippen molar-refractivity contribution in [2.45, 2.75) is 19.8 Å². The molecule has 1 saturated heterocycles. The van der Waals surface area contributed by atoms with Gasteiger partial charge in [-0.3, -0.25) is 14.4 Å². The van der Waals surface area contributed by atoms with E-state index in [-0.39, 0.29) is 23.6 Å². The van der Waals surface area contributed by atoms with Crippen molar-refractivity contribution in [3.05, 3.63) is 40.5 Å². The minimum absolute atomic E-state index is 0.160. The van der Waals surface area contributed by atoms with Crippen LogP contribution in [-0.2, 0) is 14.3 Å². The van der Waals surface area contributed by atoms with Gasteiger partial charge in [0.1, 0.15) is 10.7 Å². The normalized spacial score (nSPS) is 18.0. The average molecular weight is 389 g/mol. The predicted molar refractivity (Wildman–Crippen MR) is 104 cm³/mol. The first-order chi connectivity index (χ1) is 13.0. The van der Waals surface area contributed by atoms with Crippen LogP contribution in [0, 0.1) is 5.92 Å². The molecule has 7 nitrogen and oxygen atoms in total. The molecule has 8 heteroatoms. The monoisotopic (exact) mass is 389 g/mol. The Morgan fingerprint density at radius 2 is 1.93 bits per heavy atom. The topological polar surface area (TPSA) is 102 Å². The Kier molecular flexibility index (Phi) is 6.05. The number of hydrogen-bond acceptors (Lipinski definition) is 5. The fourth-order valence-corrected chi connectivity index (χ4v) is 4.04. The number of benzene rings is 1. The maximum absolute atomic E-state index is 12.9. The van der Waals surface area contributed by atoms with Crippen LogP contribution in [0.4, 0.5) is 5.69 Å². The summed E-state index contributed by atoms with van der Waals surface area (Å²) in [5, 5.41) is 2.84. The predicted octanol–water partition coefficient (Wildman–Crippen LogP) is 1.96. The number of primary amides is 1. The van der Waals surface area contributed by atoms with Crippen LogP contribution in [-0.4, -0.2) is 48.1 Å². The molecule has 0 spiro atoms. The fourth-order valence-electron chi connectivity index (χ4n) is 3.23. The number of nitrogens with two attached hydrogens (primary N) is 1. The van der Waals surface area contributed by atoms with Crippen molar-refractivity contribution in [1.29, 1.82) is 0 Å². The molecule has 1 aromatic carbocycles. The van der Waals surface area contributed by atoms with Gasteiger partial charge in [0.15, 0.2) is 0 Å². The second-order valence-electron chi connectivity index (χ2n) is 6.55. The number of likely N-dealkylation sites (tertiary alicyclic amines) is 1. The van der Waals surface area contributed by atoms with Gasteiger partial charge in [-0.05, 0) is 31.9 Å². The average Bonchev–Trinajstić information content (AvgIpc) is 2.68. The molecule has 0 radical (unpaired) electrons.